The summed E-state index contributed by atoms with van der Waals surface area (Å²) in [5, 5.41) is 0. The monoisotopic (exact) mass is 225 g/mol. The van der Waals surface area contributed by atoms with Crippen molar-refractivity contribution in [1.29, 1.82) is 0 Å². The van der Waals surface area contributed by atoms with Gasteiger partial charge in [-0.3, -0.25) is 4.90 Å². The smallest absolute Gasteiger partial charge is 0.0236 e. The van der Waals surface area contributed by atoms with Crippen molar-refractivity contribution in [1.82, 2.24) is 4.90 Å². The third-order valence-electron chi connectivity index (χ3n) is 3.00. The van der Waals surface area contributed by atoms with Crippen molar-refractivity contribution in [3.05, 3.63) is 71.3 Å². The van der Waals surface area contributed by atoms with E-state index in [9.17, 15) is 0 Å². The quantitative estimate of drug-likeness (QED) is 0.768. The summed E-state index contributed by atoms with van der Waals surface area (Å²) < 4.78 is 0. The molecule has 0 bridgehead atoms. The molecule has 0 aromatic heterocycles. The molecule has 0 saturated heterocycles. The van der Waals surface area contributed by atoms with Crippen LogP contribution in [0, 0.1) is 6.92 Å². The maximum atomic E-state index is 2.34. The van der Waals surface area contributed by atoms with Gasteiger partial charge in [-0.25, -0.2) is 0 Å². The SMILES string of the molecule is Cc1ccccc1CN(C)Cc1ccccc1. The Hall–Kier alpha value is -1.60. The average molecular weight is 225 g/mol. The number of hydrogen-bond acceptors (Lipinski definition) is 1. The van der Waals surface area contributed by atoms with Crippen LogP contribution in [-0.4, -0.2) is 11.9 Å². The number of hydrogen-bond donors (Lipinski definition) is 0. The van der Waals surface area contributed by atoms with Gasteiger partial charge in [-0.1, -0.05) is 54.6 Å². The van der Waals surface area contributed by atoms with Crippen molar-refractivity contribution >= 4 is 0 Å². The molecule has 0 heterocycles. The molecule has 0 aliphatic heterocycles. The summed E-state index contributed by atoms with van der Waals surface area (Å²) in [6.07, 6.45) is 0. The third-order valence-corrected chi connectivity index (χ3v) is 3.00. The molecule has 0 spiro atoms. The summed E-state index contributed by atoms with van der Waals surface area (Å²) in [5.74, 6) is 0. The van der Waals surface area contributed by atoms with Crippen molar-refractivity contribution in [2.45, 2.75) is 20.0 Å². The van der Waals surface area contributed by atoms with Crippen molar-refractivity contribution in [3.8, 4) is 0 Å². The summed E-state index contributed by atoms with van der Waals surface area (Å²) in [5.41, 5.74) is 4.14. The van der Waals surface area contributed by atoms with Crippen LogP contribution >= 0.6 is 0 Å². The Morgan fingerprint density at radius 2 is 1.47 bits per heavy atom. The van der Waals surface area contributed by atoms with Crippen LogP contribution in [0.5, 0.6) is 0 Å². The van der Waals surface area contributed by atoms with Gasteiger partial charge in [0.15, 0.2) is 0 Å². The minimum atomic E-state index is 0.995. The molecule has 17 heavy (non-hydrogen) atoms. The molecular weight excluding hydrogens is 206 g/mol. The Balaban J connectivity index is 1.98. The molecule has 0 aliphatic carbocycles. The van der Waals surface area contributed by atoms with Crippen LogP contribution in [0.1, 0.15) is 16.7 Å². The highest BCUT2D eigenvalue weighted by atomic mass is 15.1. The molecule has 0 amide bonds. The zero-order valence-electron chi connectivity index (χ0n) is 10.6. The lowest BCUT2D eigenvalue weighted by molar-refractivity contribution is 0.318. The molecule has 2 rings (SSSR count). The predicted octanol–water partition coefficient (Wildman–Crippen LogP) is 3.63. The first-order valence-electron chi connectivity index (χ1n) is 6.02. The van der Waals surface area contributed by atoms with Crippen molar-refractivity contribution < 1.29 is 0 Å². The number of benzene rings is 2. The van der Waals surface area contributed by atoms with Crippen LogP contribution in [0.25, 0.3) is 0 Å². The second kappa shape index (κ2) is 5.65. The number of rotatable bonds is 4. The lowest BCUT2D eigenvalue weighted by atomic mass is 10.1. The van der Waals surface area contributed by atoms with Gasteiger partial charge in [-0.05, 0) is 30.7 Å². The second-order valence-corrected chi connectivity index (χ2v) is 4.58. The summed E-state index contributed by atoms with van der Waals surface area (Å²) in [6.45, 7) is 4.17. The Labute approximate surface area is 104 Å². The number of nitrogens with zero attached hydrogens (tertiary/aromatic N) is 1. The number of aryl methyl sites for hydroxylation is 1. The van der Waals surface area contributed by atoms with E-state index < -0.39 is 0 Å². The largest absolute Gasteiger partial charge is 0.298 e. The molecule has 0 saturated carbocycles. The third kappa shape index (κ3) is 3.43. The standard InChI is InChI=1S/C16H19N/c1-14-8-6-7-11-16(14)13-17(2)12-15-9-4-3-5-10-15/h3-11H,12-13H2,1-2H3. The van der Waals surface area contributed by atoms with E-state index in [4.69, 9.17) is 0 Å². The van der Waals surface area contributed by atoms with Crippen LogP contribution < -0.4 is 0 Å². The van der Waals surface area contributed by atoms with Crippen molar-refractivity contribution in [3.63, 3.8) is 0 Å². The Kier molecular flexibility index (Phi) is 3.94. The predicted molar refractivity (Wildman–Crippen MR) is 72.8 cm³/mol. The van der Waals surface area contributed by atoms with E-state index in [-0.39, 0.29) is 0 Å². The molecular formula is C16H19N. The Bertz CT molecular complexity index is 462. The minimum absolute atomic E-state index is 0.995. The van der Waals surface area contributed by atoms with Crippen LogP contribution in [0.4, 0.5) is 0 Å². The van der Waals surface area contributed by atoms with Crippen LogP contribution in [-0.2, 0) is 13.1 Å². The molecule has 0 fully saturated rings. The fourth-order valence-electron chi connectivity index (χ4n) is 2.03. The first kappa shape index (κ1) is 11.9. The molecule has 0 unspecified atom stereocenters. The maximum Gasteiger partial charge on any atom is 0.0236 e. The fourth-order valence-corrected chi connectivity index (χ4v) is 2.03. The van der Waals surface area contributed by atoms with Gasteiger partial charge in [0.25, 0.3) is 0 Å². The van der Waals surface area contributed by atoms with Crippen LogP contribution in [0.15, 0.2) is 54.6 Å². The van der Waals surface area contributed by atoms with Gasteiger partial charge >= 0.3 is 0 Å². The van der Waals surface area contributed by atoms with E-state index in [1.807, 2.05) is 0 Å². The molecule has 0 radical (unpaired) electrons. The van der Waals surface area contributed by atoms with Crippen molar-refractivity contribution in [2.75, 3.05) is 7.05 Å². The summed E-state index contributed by atoms with van der Waals surface area (Å²) in [6, 6.07) is 19.2. The second-order valence-electron chi connectivity index (χ2n) is 4.58. The van der Waals surface area contributed by atoms with Gasteiger partial charge in [0.2, 0.25) is 0 Å². The van der Waals surface area contributed by atoms with Gasteiger partial charge in [0.05, 0.1) is 0 Å². The molecule has 0 N–H and O–H groups in total. The van der Waals surface area contributed by atoms with E-state index in [1.54, 1.807) is 0 Å². The summed E-state index contributed by atoms with van der Waals surface area (Å²) >= 11 is 0. The molecule has 88 valence electrons. The minimum Gasteiger partial charge on any atom is -0.298 e. The van der Waals surface area contributed by atoms with Gasteiger partial charge in [-0.2, -0.15) is 0 Å². The summed E-state index contributed by atoms with van der Waals surface area (Å²) in [7, 11) is 2.17. The van der Waals surface area contributed by atoms with Gasteiger partial charge in [0, 0.05) is 13.1 Å². The first-order chi connectivity index (χ1) is 8.25. The highest BCUT2D eigenvalue weighted by Crippen LogP contribution is 2.11. The van der Waals surface area contributed by atoms with Gasteiger partial charge in [-0.15, -0.1) is 0 Å². The zero-order valence-corrected chi connectivity index (χ0v) is 10.6. The van der Waals surface area contributed by atoms with Gasteiger partial charge in [0.1, 0.15) is 0 Å². The maximum absolute atomic E-state index is 2.34. The molecule has 1 nitrogen and oxygen atoms in total. The molecule has 0 atom stereocenters. The highest BCUT2D eigenvalue weighted by molar-refractivity contribution is 5.25. The average Bonchev–Trinajstić information content (AvgIpc) is 2.33. The van der Waals surface area contributed by atoms with Gasteiger partial charge < -0.3 is 0 Å². The van der Waals surface area contributed by atoms with E-state index in [0.29, 0.717) is 0 Å². The molecule has 0 aliphatic rings. The fraction of sp³-hybridized carbons (Fsp3) is 0.250. The normalized spacial score (nSPS) is 10.8. The lowest BCUT2D eigenvalue weighted by Crippen LogP contribution is -2.17. The Morgan fingerprint density at radius 3 is 2.18 bits per heavy atom. The lowest BCUT2D eigenvalue weighted by Gasteiger charge is -2.18. The van der Waals surface area contributed by atoms with Crippen LogP contribution in [0.3, 0.4) is 0 Å². The topological polar surface area (TPSA) is 3.24 Å². The molecule has 1 heteroatoms. The van der Waals surface area contributed by atoms with Crippen molar-refractivity contribution in [2.24, 2.45) is 0 Å². The van der Waals surface area contributed by atoms with E-state index >= 15 is 0 Å². The highest BCUT2D eigenvalue weighted by Gasteiger charge is 2.03. The van der Waals surface area contributed by atoms with E-state index in [2.05, 4.69) is 73.5 Å². The van der Waals surface area contributed by atoms with E-state index in [0.717, 1.165) is 13.1 Å². The summed E-state index contributed by atoms with van der Waals surface area (Å²) in [4.78, 5) is 2.34. The first-order valence-corrected chi connectivity index (χ1v) is 6.02. The van der Waals surface area contributed by atoms with E-state index in [1.165, 1.54) is 16.7 Å². The van der Waals surface area contributed by atoms with Crippen LogP contribution in [0.2, 0.25) is 0 Å². The molecule has 2 aromatic rings. The zero-order chi connectivity index (χ0) is 12.1. The Morgan fingerprint density at radius 1 is 0.824 bits per heavy atom. The molecule has 2 aromatic carbocycles.